The lowest BCUT2D eigenvalue weighted by molar-refractivity contribution is 0.340. The third-order valence-electron chi connectivity index (χ3n) is 2.72. The summed E-state index contributed by atoms with van der Waals surface area (Å²) in [5, 5.41) is 12.9. The number of rotatable bonds is 3. The fourth-order valence-electron chi connectivity index (χ4n) is 1.55. The molecular formula is C13H14N4O. The van der Waals surface area contributed by atoms with Crippen LogP contribution < -0.4 is 0 Å². The first-order chi connectivity index (χ1) is 8.58. The van der Waals surface area contributed by atoms with Crippen molar-refractivity contribution in [3.8, 4) is 17.6 Å². The highest BCUT2D eigenvalue weighted by Gasteiger charge is 2.28. The van der Waals surface area contributed by atoms with E-state index in [1.165, 1.54) is 0 Å². The van der Waals surface area contributed by atoms with E-state index in [0.717, 1.165) is 12.0 Å². The highest BCUT2D eigenvalue weighted by Crippen LogP contribution is 2.24. The van der Waals surface area contributed by atoms with Crippen LogP contribution in [0.3, 0.4) is 0 Å². The quantitative estimate of drug-likeness (QED) is 0.826. The van der Waals surface area contributed by atoms with Crippen molar-refractivity contribution in [3.63, 3.8) is 0 Å². The number of pyridine rings is 1. The van der Waals surface area contributed by atoms with E-state index in [4.69, 9.17) is 9.78 Å². The summed E-state index contributed by atoms with van der Waals surface area (Å²) in [5.74, 6) is 0.749. The fraction of sp³-hybridized carbons (Fsp3) is 0.385. The largest absolute Gasteiger partial charge is 0.337 e. The molecule has 5 nitrogen and oxygen atoms in total. The molecular weight excluding hydrogens is 228 g/mol. The summed E-state index contributed by atoms with van der Waals surface area (Å²) in [7, 11) is 0. The molecule has 0 aliphatic heterocycles. The summed E-state index contributed by atoms with van der Waals surface area (Å²) in [4.78, 5) is 8.54. The Morgan fingerprint density at radius 3 is 2.89 bits per heavy atom. The highest BCUT2D eigenvalue weighted by molar-refractivity contribution is 5.54. The molecule has 18 heavy (non-hydrogen) atoms. The Hall–Kier alpha value is -2.22. The summed E-state index contributed by atoms with van der Waals surface area (Å²) >= 11 is 0. The third-order valence-corrected chi connectivity index (χ3v) is 2.72. The molecule has 2 heterocycles. The van der Waals surface area contributed by atoms with Crippen molar-refractivity contribution >= 4 is 0 Å². The Morgan fingerprint density at radius 2 is 2.22 bits per heavy atom. The third kappa shape index (κ3) is 2.09. The molecule has 2 rings (SSSR count). The predicted octanol–water partition coefficient (Wildman–Crippen LogP) is 2.50. The van der Waals surface area contributed by atoms with Gasteiger partial charge in [-0.2, -0.15) is 10.2 Å². The van der Waals surface area contributed by atoms with Gasteiger partial charge in [0, 0.05) is 6.20 Å². The SMILES string of the molecule is CCc1cccnc1-c1noc(C(C)(C)C#N)n1. The molecule has 5 heteroatoms. The number of hydrogen-bond donors (Lipinski definition) is 0. The van der Waals surface area contributed by atoms with Gasteiger partial charge in [-0.15, -0.1) is 0 Å². The molecule has 0 saturated carbocycles. The van der Waals surface area contributed by atoms with Crippen LogP contribution in [0.5, 0.6) is 0 Å². The second-order valence-electron chi connectivity index (χ2n) is 4.52. The molecule has 0 N–H and O–H groups in total. The van der Waals surface area contributed by atoms with Gasteiger partial charge in [-0.25, -0.2) is 0 Å². The zero-order chi connectivity index (χ0) is 13.2. The molecule has 0 unspecified atom stereocenters. The normalized spacial score (nSPS) is 11.2. The average molecular weight is 242 g/mol. The first kappa shape index (κ1) is 12.2. The number of hydrogen-bond acceptors (Lipinski definition) is 5. The molecule has 0 spiro atoms. The molecule has 0 radical (unpaired) electrons. The molecule has 0 aliphatic rings. The minimum absolute atomic E-state index is 0.313. The Kier molecular flexibility index (Phi) is 3.11. The van der Waals surface area contributed by atoms with Crippen molar-refractivity contribution in [3.05, 3.63) is 29.8 Å². The number of aryl methyl sites for hydroxylation is 1. The van der Waals surface area contributed by atoms with Crippen LogP contribution in [0.15, 0.2) is 22.9 Å². The van der Waals surface area contributed by atoms with E-state index in [1.54, 1.807) is 20.0 Å². The van der Waals surface area contributed by atoms with Crippen LogP contribution in [0.2, 0.25) is 0 Å². The minimum atomic E-state index is -0.785. The summed E-state index contributed by atoms with van der Waals surface area (Å²) in [6, 6.07) is 5.99. The van der Waals surface area contributed by atoms with E-state index >= 15 is 0 Å². The van der Waals surface area contributed by atoms with Gasteiger partial charge in [-0.05, 0) is 31.9 Å². The molecule has 0 amide bonds. The topological polar surface area (TPSA) is 75.6 Å². The molecule has 0 saturated heterocycles. The maximum Gasteiger partial charge on any atom is 0.246 e. The van der Waals surface area contributed by atoms with E-state index < -0.39 is 5.41 Å². The molecule has 0 aromatic carbocycles. The second kappa shape index (κ2) is 4.57. The fourth-order valence-corrected chi connectivity index (χ4v) is 1.55. The Labute approximate surface area is 105 Å². The van der Waals surface area contributed by atoms with Crippen molar-refractivity contribution in [2.75, 3.05) is 0 Å². The monoisotopic (exact) mass is 242 g/mol. The Balaban J connectivity index is 2.45. The van der Waals surface area contributed by atoms with Gasteiger partial charge in [-0.3, -0.25) is 4.98 Å². The van der Waals surface area contributed by atoms with Gasteiger partial charge in [-0.1, -0.05) is 18.1 Å². The van der Waals surface area contributed by atoms with Crippen molar-refractivity contribution < 1.29 is 4.52 Å². The van der Waals surface area contributed by atoms with Gasteiger partial charge >= 0.3 is 0 Å². The van der Waals surface area contributed by atoms with E-state index in [2.05, 4.69) is 21.2 Å². The standard InChI is InChI=1S/C13H14N4O/c1-4-9-6-5-7-15-10(9)11-16-12(18-17-11)13(2,3)8-14/h5-7H,4H2,1-3H3. The maximum atomic E-state index is 9.03. The van der Waals surface area contributed by atoms with E-state index in [1.807, 2.05) is 19.1 Å². The van der Waals surface area contributed by atoms with Gasteiger partial charge in [0.25, 0.3) is 0 Å². The van der Waals surface area contributed by atoms with Gasteiger partial charge in [0.15, 0.2) is 0 Å². The van der Waals surface area contributed by atoms with Gasteiger partial charge in [0.2, 0.25) is 11.7 Å². The summed E-state index contributed by atoms with van der Waals surface area (Å²) in [6.07, 6.45) is 2.54. The second-order valence-corrected chi connectivity index (χ2v) is 4.52. The number of aromatic nitrogens is 3. The van der Waals surface area contributed by atoms with E-state index in [9.17, 15) is 0 Å². The molecule has 0 atom stereocenters. The lowest BCUT2D eigenvalue weighted by Gasteiger charge is -2.06. The van der Waals surface area contributed by atoms with Gasteiger partial charge in [0.1, 0.15) is 11.1 Å². The van der Waals surface area contributed by atoms with Crippen LogP contribution in [0, 0.1) is 11.3 Å². The Bertz CT molecular complexity index is 595. The molecule has 0 fully saturated rings. The van der Waals surface area contributed by atoms with E-state index in [-0.39, 0.29) is 0 Å². The average Bonchev–Trinajstić information content (AvgIpc) is 2.89. The maximum absolute atomic E-state index is 9.03. The van der Waals surface area contributed by atoms with Crippen LogP contribution in [-0.4, -0.2) is 15.1 Å². The van der Waals surface area contributed by atoms with Crippen molar-refractivity contribution in [1.82, 2.24) is 15.1 Å². The van der Waals surface area contributed by atoms with Crippen LogP contribution >= 0.6 is 0 Å². The first-order valence-corrected chi connectivity index (χ1v) is 5.78. The molecule has 0 bridgehead atoms. The number of nitrogens with zero attached hydrogens (tertiary/aromatic N) is 4. The van der Waals surface area contributed by atoms with Crippen LogP contribution in [0.25, 0.3) is 11.5 Å². The smallest absolute Gasteiger partial charge is 0.246 e. The Morgan fingerprint density at radius 1 is 1.44 bits per heavy atom. The molecule has 0 aliphatic carbocycles. The number of nitriles is 1. The summed E-state index contributed by atoms with van der Waals surface area (Å²) < 4.78 is 5.15. The van der Waals surface area contributed by atoms with Crippen molar-refractivity contribution in [2.45, 2.75) is 32.6 Å². The van der Waals surface area contributed by atoms with Gasteiger partial charge < -0.3 is 4.52 Å². The minimum Gasteiger partial charge on any atom is -0.337 e. The van der Waals surface area contributed by atoms with Crippen LogP contribution in [0.1, 0.15) is 32.2 Å². The lowest BCUT2D eigenvalue weighted by atomic mass is 9.96. The van der Waals surface area contributed by atoms with Crippen molar-refractivity contribution in [2.24, 2.45) is 0 Å². The van der Waals surface area contributed by atoms with Crippen LogP contribution in [0.4, 0.5) is 0 Å². The molecule has 2 aromatic heterocycles. The predicted molar refractivity (Wildman–Crippen MR) is 65.5 cm³/mol. The zero-order valence-corrected chi connectivity index (χ0v) is 10.6. The van der Waals surface area contributed by atoms with E-state index in [0.29, 0.717) is 17.4 Å². The molecule has 92 valence electrons. The molecule has 2 aromatic rings. The lowest BCUT2D eigenvalue weighted by Crippen LogP contribution is -2.14. The zero-order valence-electron chi connectivity index (χ0n) is 10.6. The first-order valence-electron chi connectivity index (χ1n) is 5.78. The summed E-state index contributed by atoms with van der Waals surface area (Å²) in [5.41, 5.74) is 0.982. The summed E-state index contributed by atoms with van der Waals surface area (Å²) in [6.45, 7) is 5.52. The van der Waals surface area contributed by atoms with Crippen molar-refractivity contribution in [1.29, 1.82) is 5.26 Å². The highest BCUT2D eigenvalue weighted by atomic mass is 16.5. The van der Waals surface area contributed by atoms with Gasteiger partial charge in [0.05, 0.1) is 6.07 Å². The van der Waals surface area contributed by atoms with Crippen LogP contribution in [-0.2, 0) is 11.8 Å².